The molecule has 27 heavy (non-hydrogen) atoms. The summed E-state index contributed by atoms with van der Waals surface area (Å²) in [5, 5.41) is 11.6. The fraction of sp³-hybridized carbons (Fsp3) is 0.571. The number of amides is 1. The van der Waals surface area contributed by atoms with Crippen LogP contribution in [0.1, 0.15) is 51.2 Å². The Morgan fingerprint density at radius 1 is 1.22 bits per heavy atom. The Kier molecular flexibility index (Phi) is 6.25. The van der Waals surface area contributed by atoms with Crippen LogP contribution in [0.15, 0.2) is 27.8 Å². The predicted molar refractivity (Wildman–Crippen MR) is 109 cm³/mol. The van der Waals surface area contributed by atoms with Crippen LogP contribution in [0.2, 0.25) is 0 Å². The molecule has 1 aliphatic carbocycles. The van der Waals surface area contributed by atoms with E-state index in [9.17, 15) is 4.79 Å². The molecule has 1 aromatic heterocycles. The van der Waals surface area contributed by atoms with E-state index in [1.807, 2.05) is 25.1 Å². The van der Waals surface area contributed by atoms with Crippen LogP contribution < -0.4 is 5.32 Å². The van der Waals surface area contributed by atoms with Gasteiger partial charge in [-0.3, -0.25) is 4.79 Å². The normalized spacial score (nSPS) is 23.8. The minimum absolute atomic E-state index is 0.0388. The van der Waals surface area contributed by atoms with Gasteiger partial charge in [0.15, 0.2) is 0 Å². The summed E-state index contributed by atoms with van der Waals surface area (Å²) >= 11 is 1.31. The summed E-state index contributed by atoms with van der Waals surface area (Å²) in [6, 6.07) is 6.33. The van der Waals surface area contributed by atoms with Crippen LogP contribution in [0.4, 0.5) is 0 Å². The number of hydrogen-bond donors (Lipinski definition) is 1. The Bertz CT molecular complexity index is 804. The zero-order valence-electron chi connectivity index (χ0n) is 16.8. The highest BCUT2D eigenvalue weighted by Gasteiger charge is 2.30. The van der Waals surface area contributed by atoms with E-state index in [0.29, 0.717) is 22.9 Å². The lowest BCUT2D eigenvalue weighted by molar-refractivity contribution is -0.121. The van der Waals surface area contributed by atoms with Gasteiger partial charge in [0.05, 0.1) is 5.25 Å². The Balaban J connectivity index is 1.60. The lowest BCUT2D eigenvalue weighted by Gasteiger charge is -2.35. The summed E-state index contributed by atoms with van der Waals surface area (Å²) in [5.74, 6) is 1.70. The number of aromatic nitrogens is 2. The minimum Gasteiger partial charge on any atom is -0.411 e. The SMILES string of the molecule is Cc1ccc(-c2nnc(S[C@H](C)C(=O)N[C@H]3CCC[C@H](C)[C@@H]3C)o2)cc1C. The van der Waals surface area contributed by atoms with E-state index < -0.39 is 0 Å². The van der Waals surface area contributed by atoms with Gasteiger partial charge in [0.25, 0.3) is 5.22 Å². The van der Waals surface area contributed by atoms with Crippen molar-refractivity contribution in [2.75, 3.05) is 0 Å². The van der Waals surface area contributed by atoms with Crippen molar-refractivity contribution < 1.29 is 9.21 Å². The fourth-order valence-corrected chi connectivity index (χ4v) is 4.23. The van der Waals surface area contributed by atoms with Crippen molar-refractivity contribution >= 4 is 17.7 Å². The van der Waals surface area contributed by atoms with Crippen molar-refractivity contribution in [3.05, 3.63) is 29.3 Å². The van der Waals surface area contributed by atoms with Crippen molar-refractivity contribution in [2.24, 2.45) is 11.8 Å². The number of carbonyl (C=O) groups excluding carboxylic acids is 1. The zero-order valence-corrected chi connectivity index (χ0v) is 17.6. The van der Waals surface area contributed by atoms with Gasteiger partial charge < -0.3 is 9.73 Å². The summed E-state index contributed by atoms with van der Waals surface area (Å²) in [7, 11) is 0. The highest BCUT2D eigenvalue weighted by molar-refractivity contribution is 8.00. The molecule has 1 aromatic carbocycles. The van der Waals surface area contributed by atoms with Gasteiger partial charge >= 0.3 is 0 Å². The number of hydrogen-bond acceptors (Lipinski definition) is 5. The first kappa shape index (κ1) is 19.9. The van der Waals surface area contributed by atoms with E-state index in [1.165, 1.54) is 35.7 Å². The molecule has 6 heteroatoms. The van der Waals surface area contributed by atoms with Crippen LogP contribution in [-0.2, 0) is 4.79 Å². The van der Waals surface area contributed by atoms with Crippen LogP contribution in [0, 0.1) is 25.7 Å². The Hall–Kier alpha value is -1.82. The molecule has 0 spiro atoms. The van der Waals surface area contributed by atoms with E-state index in [1.54, 1.807) is 0 Å². The average molecular weight is 388 g/mol. The van der Waals surface area contributed by atoms with Crippen LogP contribution in [-0.4, -0.2) is 27.4 Å². The monoisotopic (exact) mass is 387 g/mol. The number of thioether (sulfide) groups is 1. The van der Waals surface area contributed by atoms with E-state index in [0.717, 1.165) is 12.0 Å². The third kappa shape index (κ3) is 4.72. The first-order valence-corrected chi connectivity index (χ1v) is 10.6. The summed E-state index contributed by atoms with van der Waals surface area (Å²) in [6.07, 6.45) is 3.49. The molecule has 1 saturated carbocycles. The van der Waals surface area contributed by atoms with Crippen LogP contribution >= 0.6 is 11.8 Å². The maximum atomic E-state index is 12.6. The van der Waals surface area contributed by atoms with E-state index in [2.05, 4.69) is 43.2 Å². The average Bonchev–Trinajstić information content (AvgIpc) is 3.09. The van der Waals surface area contributed by atoms with Crippen molar-refractivity contribution in [3.8, 4) is 11.5 Å². The summed E-state index contributed by atoms with van der Waals surface area (Å²) in [6.45, 7) is 10.5. The molecule has 4 atom stereocenters. The highest BCUT2D eigenvalue weighted by Crippen LogP contribution is 2.31. The predicted octanol–water partition coefficient (Wildman–Crippen LogP) is 4.77. The molecule has 0 radical (unpaired) electrons. The minimum atomic E-state index is -0.275. The molecule has 0 unspecified atom stereocenters. The molecule has 1 N–H and O–H groups in total. The van der Waals surface area contributed by atoms with Crippen molar-refractivity contribution in [1.29, 1.82) is 0 Å². The smallest absolute Gasteiger partial charge is 0.277 e. The molecule has 3 rings (SSSR count). The second-order valence-corrected chi connectivity index (χ2v) is 9.11. The first-order valence-electron chi connectivity index (χ1n) is 9.73. The van der Waals surface area contributed by atoms with Gasteiger partial charge in [-0.05, 0) is 62.3 Å². The molecule has 5 nitrogen and oxygen atoms in total. The standard InChI is InChI=1S/C21H29N3O2S/c1-12-9-10-17(11-14(12)3)20-23-24-21(26-20)27-16(5)19(25)22-18-8-6-7-13(2)15(18)4/h9-11,13,15-16,18H,6-8H2,1-5H3,(H,22,25)/t13-,15-,16+,18-/m0/s1. The number of nitrogens with zero attached hydrogens (tertiary/aromatic N) is 2. The number of rotatable bonds is 5. The van der Waals surface area contributed by atoms with Gasteiger partial charge in [-0.1, -0.05) is 44.5 Å². The van der Waals surface area contributed by atoms with Crippen molar-refractivity contribution in [3.63, 3.8) is 0 Å². The Labute approximate surface area is 165 Å². The van der Waals surface area contributed by atoms with Crippen LogP contribution in [0.3, 0.4) is 0 Å². The highest BCUT2D eigenvalue weighted by atomic mass is 32.2. The molecule has 1 heterocycles. The fourth-order valence-electron chi connectivity index (χ4n) is 3.54. The number of aryl methyl sites for hydroxylation is 2. The molecule has 0 bridgehead atoms. The quantitative estimate of drug-likeness (QED) is 0.748. The van der Waals surface area contributed by atoms with Gasteiger partial charge in [-0.2, -0.15) is 0 Å². The number of carbonyl (C=O) groups is 1. The number of nitrogens with one attached hydrogen (secondary N) is 1. The molecule has 1 fully saturated rings. The summed E-state index contributed by atoms with van der Waals surface area (Å²) in [5.41, 5.74) is 3.31. The van der Waals surface area contributed by atoms with Gasteiger partial charge in [0, 0.05) is 11.6 Å². The molecule has 0 aliphatic heterocycles. The summed E-state index contributed by atoms with van der Waals surface area (Å²) in [4.78, 5) is 12.6. The number of benzene rings is 1. The molecule has 146 valence electrons. The Morgan fingerprint density at radius 2 is 2.00 bits per heavy atom. The van der Waals surface area contributed by atoms with E-state index >= 15 is 0 Å². The van der Waals surface area contributed by atoms with Gasteiger partial charge in [0.2, 0.25) is 11.8 Å². The second kappa shape index (κ2) is 8.46. The lowest BCUT2D eigenvalue weighted by Crippen LogP contribution is -2.46. The van der Waals surface area contributed by atoms with Crippen molar-refractivity contribution in [1.82, 2.24) is 15.5 Å². The van der Waals surface area contributed by atoms with Crippen LogP contribution in [0.25, 0.3) is 11.5 Å². The molecule has 0 saturated heterocycles. The topological polar surface area (TPSA) is 68.0 Å². The summed E-state index contributed by atoms with van der Waals surface area (Å²) < 4.78 is 5.77. The second-order valence-electron chi connectivity index (χ2n) is 7.81. The molecule has 2 aromatic rings. The van der Waals surface area contributed by atoms with Crippen molar-refractivity contribution in [2.45, 2.75) is 70.4 Å². The van der Waals surface area contributed by atoms with Gasteiger partial charge in [-0.15, -0.1) is 10.2 Å². The Morgan fingerprint density at radius 3 is 2.74 bits per heavy atom. The molecule has 1 amide bonds. The third-order valence-corrected chi connectivity index (χ3v) is 6.78. The largest absolute Gasteiger partial charge is 0.411 e. The van der Waals surface area contributed by atoms with Gasteiger partial charge in [-0.25, -0.2) is 0 Å². The molecular formula is C21H29N3O2S. The lowest BCUT2D eigenvalue weighted by atomic mass is 9.78. The zero-order chi connectivity index (χ0) is 19.6. The van der Waals surface area contributed by atoms with E-state index in [4.69, 9.17) is 4.42 Å². The van der Waals surface area contributed by atoms with Gasteiger partial charge in [0.1, 0.15) is 0 Å². The van der Waals surface area contributed by atoms with E-state index in [-0.39, 0.29) is 17.2 Å². The maximum Gasteiger partial charge on any atom is 0.277 e. The maximum absolute atomic E-state index is 12.6. The van der Waals surface area contributed by atoms with Crippen LogP contribution in [0.5, 0.6) is 0 Å². The molecular weight excluding hydrogens is 358 g/mol. The third-order valence-electron chi connectivity index (χ3n) is 5.84. The first-order chi connectivity index (χ1) is 12.8. The molecule has 1 aliphatic rings.